The molecule has 5 nitrogen and oxygen atoms in total. The molecule has 2 aromatic heterocycles. The zero-order chi connectivity index (χ0) is 22.0. The van der Waals surface area contributed by atoms with Crippen LogP contribution in [0.3, 0.4) is 0 Å². The highest BCUT2D eigenvalue weighted by Gasteiger charge is 2.24. The Morgan fingerprint density at radius 2 is 2.13 bits per heavy atom. The Hall–Kier alpha value is -2.97. The predicted molar refractivity (Wildman–Crippen MR) is 111 cm³/mol. The van der Waals surface area contributed by atoms with Crippen LogP contribution in [-0.2, 0) is 11.2 Å². The van der Waals surface area contributed by atoms with E-state index in [0.717, 1.165) is 5.56 Å². The van der Waals surface area contributed by atoms with Gasteiger partial charge in [-0.2, -0.15) is 0 Å². The molecule has 162 valence electrons. The first-order valence-corrected chi connectivity index (χ1v) is 9.95. The van der Waals surface area contributed by atoms with Gasteiger partial charge in [-0.25, -0.2) is 18.2 Å². The third kappa shape index (κ3) is 4.70. The molecular formula is C23H22F3N3O2. The number of pyridine rings is 2. The molecule has 2 atom stereocenters. The van der Waals surface area contributed by atoms with E-state index in [2.05, 4.69) is 21.9 Å². The number of alkyl halides is 2. The van der Waals surface area contributed by atoms with Crippen molar-refractivity contribution >= 4 is 16.6 Å². The SMILES string of the molecule is C=C(N[C@H]1CCOC[C@@H]1O)c1cc(Cc2ccc(C(F)F)nc2)c2cccc(F)c2n1. The molecule has 4 rings (SSSR count). The molecule has 1 fully saturated rings. The van der Waals surface area contributed by atoms with Gasteiger partial charge in [0.05, 0.1) is 30.1 Å². The fourth-order valence-corrected chi connectivity index (χ4v) is 3.66. The van der Waals surface area contributed by atoms with Gasteiger partial charge in [0, 0.05) is 18.2 Å². The minimum absolute atomic E-state index is 0.197. The van der Waals surface area contributed by atoms with Gasteiger partial charge in [-0.05, 0) is 42.2 Å². The van der Waals surface area contributed by atoms with Crippen molar-refractivity contribution in [3.63, 3.8) is 0 Å². The number of fused-ring (bicyclic) bond motifs is 1. The lowest BCUT2D eigenvalue weighted by Crippen LogP contribution is -2.45. The molecule has 1 aliphatic rings. The van der Waals surface area contributed by atoms with E-state index in [1.807, 2.05) is 0 Å². The maximum absolute atomic E-state index is 14.5. The van der Waals surface area contributed by atoms with Gasteiger partial charge in [0.15, 0.2) is 0 Å². The maximum Gasteiger partial charge on any atom is 0.280 e. The Bertz CT molecular complexity index is 1090. The summed E-state index contributed by atoms with van der Waals surface area (Å²) in [6, 6.07) is 9.14. The summed E-state index contributed by atoms with van der Waals surface area (Å²) in [5, 5.41) is 13.9. The van der Waals surface area contributed by atoms with Gasteiger partial charge in [-0.15, -0.1) is 0 Å². The number of halogens is 3. The van der Waals surface area contributed by atoms with Gasteiger partial charge >= 0.3 is 0 Å². The van der Waals surface area contributed by atoms with Gasteiger partial charge in [0.2, 0.25) is 0 Å². The van der Waals surface area contributed by atoms with Crippen LogP contribution in [0.4, 0.5) is 13.2 Å². The standard InChI is InChI=1S/C23H22F3N3O2/c1-13(28-18-7-8-31-12-21(18)30)20-10-15(16-3-2-4-17(24)22(16)29-20)9-14-5-6-19(23(25)26)27-11-14/h2-6,10-11,18,21,23,28,30H,1,7-9,12H2/t18-,21-/m0/s1. The fourth-order valence-electron chi connectivity index (χ4n) is 3.66. The van der Waals surface area contributed by atoms with E-state index in [1.165, 1.54) is 18.3 Å². The number of aromatic nitrogens is 2. The van der Waals surface area contributed by atoms with E-state index in [-0.39, 0.29) is 23.9 Å². The summed E-state index contributed by atoms with van der Waals surface area (Å²) < 4.78 is 45.4. The quantitative estimate of drug-likeness (QED) is 0.620. The molecule has 8 heteroatoms. The Morgan fingerprint density at radius 1 is 1.29 bits per heavy atom. The largest absolute Gasteiger partial charge is 0.389 e. The number of aliphatic hydroxyl groups is 1. The highest BCUT2D eigenvalue weighted by molar-refractivity contribution is 5.85. The Balaban J connectivity index is 1.67. The summed E-state index contributed by atoms with van der Waals surface area (Å²) in [6.07, 6.45) is -0.942. The van der Waals surface area contributed by atoms with Crippen LogP contribution in [0.5, 0.6) is 0 Å². The average molecular weight is 429 g/mol. The second kappa shape index (κ2) is 9.03. The van der Waals surface area contributed by atoms with Gasteiger partial charge in [0.25, 0.3) is 6.43 Å². The number of hydrogen-bond acceptors (Lipinski definition) is 5. The highest BCUT2D eigenvalue weighted by Crippen LogP contribution is 2.26. The Kier molecular flexibility index (Phi) is 6.20. The number of rotatable bonds is 6. The van der Waals surface area contributed by atoms with Crippen molar-refractivity contribution in [2.75, 3.05) is 13.2 Å². The van der Waals surface area contributed by atoms with Crippen molar-refractivity contribution in [3.05, 3.63) is 77.5 Å². The van der Waals surface area contributed by atoms with E-state index in [9.17, 15) is 18.3 Å². The van der Waals surface area contributed by atoms with Crippen LogP contribution in [0, 0.1) is 5.82 Å². The average Bonchev–Trinajstić information content (AvgIpc) is 2.76. The molecule has 1 saturated heterocycles. The lowest BCUT2D eigenvalue weighted by Gasteiger charge is -2.30. The lowest BCUT2D eigenvalue weighted by molar-refractivity contribution is -0.0237. The number of nitrogens with zero attached hydrogens (tertiary/aromatic N) is 2. The van der Waals surface area contributed by atoms with E-state index >= 15 is 0 Å². The number of benzene rings is 1. The lowest BCUT2D eigenvalue weighted by atomic mass is 9.99. The summed E-state index contributed by atoms with van der Waals surface area (Å²) in [5.41, 5.74) is 2.30. The number of para-hydroxylation sites is 1. The van der Waals surface area contributed by atoms with Crippen molar-refractivity contribution in [1.82, 2.24) is 15.3 Å². The van der Waals surface area contributed by atoms with E-state index in [4.69, 9.17) is 4.74 Å². The van der Waals surface area contributed by atoms with Gasteiger partial charge in [-0.1, -0.05) is 24.8 Å². The fraction of sp³-hybridized carbons (Fsp3) is 0.304. The molecule has 2 N–H and O–H groups in total. The third-order valence-corrected chi connectivity index (χ3v) is 5.34. The van der Waals surface area contributed by atoms with E-state index in [1.54, 1.807) is 24.3 Å². The van der Waals surface area contributed by atoms with E-state index in [0.29, 0.717) is 41.8 Å². The molecule has 0 spiro atoms. The number of nitrogens with one attached hydrogen (secondary N) is 1. The second-order valence-electron chi connectivity index (χ2n) is 7.53. The summed E-state index contributed by atoms with van der Waals surface area (Å²) in [4.78, 5) is 8.25. The molecule has 0 radical (unpaired) electrons. The minimum atomic E-state index is -2.63. The first-order chi connectivity index (χ1) is 14.9. The number of aliphatic hydroxyl groups excluding tert-OH is 1. The van der Waals surface area contributed by atoms with Crippen LogP contribution < -0.4 is 5.32 Å². The topological polar surface area (TPSA) is 67.3 Å². The summed E-state index contributed by atoms with van der Waals surface area (Å²) in [5.74, 6) is -0.467. The van der Waals surface area contributed by atoms with Crippen LogP contribution >= 0.6 is 0 Å². The molecule has 0 unspecified atom stereocenters. The van der Waals surface area contributed by atoms with Crippen molar-refractivity contribution < 1.29 is 23.0 Å². The van der Waals surface area contributed by atoms with Crippen LogP contribution in [0.2, 0.25) is 0 Å². The highest BCUT2D eigenvalue weighted by atomic mass is 19.3. The maximum atomic E-state index is 14.5. The molecule has 1 aliphatic heterocycles. The second-order valence-corrected chi connectivity index (χ2v) is 7.53. The zero-order valence-corrected chi connectivity index (χ0v) is 16.7. The van der Waals surface area contributed by atoms with E-state index < -0.39 is 18.3 Å². The third-order valence-electron chi connectivity index (χ3n) is 5.34. The zero-order valence-electron chi connectivity index (χ0n) is 16.7. The van der Waals surface area contributed by atoms with Crippen molar-refractivity contribution in [2.24, 2.45) is 0 Å². The first kappa shape index (κ1) is 21.3. The smallest absolute Gasteiger partial charge is 0.280 e. The number of hydrogen-bond donors (Lipinski definition) is 2. The minimum Gasteiger partial charge on any atom is -0.389 e. The van der Waals surface area contributed by atoms with Crippen LogP contribution in [0.25, 0.3) is 16.6 Å². The molecule has 0 aliphatic carbocycles. The van der Waals surface area contributed by atoms with Crippen LogP contribution in [-0.4, -0.2) is 40.4 Å². The van der Waals surface area contributed by atoms with Crippen molar-refractivity contribution in [3.8, 4) is 0 Å². The summed E-state index contributed by atoms with van der Waals surface area (Å²) in [6.45, 7) is 4.78. The summed E-state index contributed by atoms with van der Waals surface area (Å²) in [7, 11) is 0. The molecule has 3 aromatic rings. The van der Waals surface area contributed by atoms with Crippen molar-refractivity contribution in [1.29, 1.82) is 0 Å². The Labute approximate surface area is 177 Å². The molecule has 1 aromatic carbocycles. The molecule has 0 saturated carbocycles. The monoisotopic (exact) mass is 429 g/mol. The molecular weight excluding hydrogens is 407 g/mol. The van der Waals surface area contributed by atoms with Gasteiger partial charge < -0.3 is 15.2 Å². The Morgan fingerprint density at radius 3 is 2.84 bits per heavy atom. The first-order valence-electron chi connectivity index (χ1n) is 9.95. The molecule has 0 bridgehead atoms. The van der Waals surface area contributed by atoms with Gasteiger partial charge in [0.1, 0.15) is 17.0 Å². The number of ether oxygens (including phenoxy) is 1. The van der Waals surface area contributed by atoms with Gasteiger partial charge in [-0.3, -0.25) is 4.98 Å². The normalized spacial score (nSPS) is 19.0. The molecule has 31 heavy (non-hydrogen) atoms. The summed E-state index contributed by atoms with van der Waals surface area (Å²) >= 11 is 0. The van der Waals surface area contributed by atoms with Crippen LogP contribution in [0.1, 0.15) is 35.4 Å². The molecule has 3 heterocycles. The van der Waals surface area contributed by atoms with Crippen molar-refractivity contribution in [2.45, 2.75) is 31.4 Å². The van der Waals surface area contributed by atoms with Crippen LogP contribution in [0.15, 0.2) is 49.2 Å². The predicted octanol–water partition coefficient (Wildman–Crippen LogP) is 4.01. The molecule has 0 amide bonds.